The zero-order valence-electron chi connectivity index (χ0n) is 11.5. The van der Waals surface area contributed by atoms with Crippen molar-refractivity contribution in [2.24, 2.45) is 0 Å². The highest BCUT2D eigenvalue weighted by molar-refractivity contribution is 7.09. The second-order valence-electron chi connectivity index (χ2n) is 5.00. The van der Waals surface area contributed by atoms with Crippen LogP contribution >= 0.6 is 22.9 Å². The van der Waals surface area contributed by atoms with Gasteiger partial charge in [-0.15, -0.1) is 11.3 Å². The third kappa shape index (κ3) is 3.84. The van der Waals surface area contributed by atoms with Gasteiger partial charge in [0.15, 0.2) is 0 Å². The first-order valence-corrected chi connectivity index (χ1v) is 8.15. The lowest BCUT2D eigenvalue weighted by molar-refractivity contribution is 0.115. The molecule has 2 N–H and O–H groups in total. The number of nitrogens with zero attached hydrogens (tertiary/aromatic N) is 3. The summed E-state index contributed by atoms with van der Waals surface area (Å²) in [5, 5.41) is 2.43. The number of thiophene rings is 1. The number of ether oxygens (including phenoxy) is 1. The molecule has 1 aliphatic heterocycles. The highest BCUT2D eigenvalue weighted by atomic mass is 35.5. The molecular weight excluding hydrogens is 308 g/mol. The molecule has 3 heterocycles. The lowest BCUT2D eigenvalue weighted by Crippen LogP contribution is -2.32. The van der Waals surface area contributed by atoms with Crippen molar-refractivity contribution in [2.45, 2.75) is 25.5 Å². The van der Waals surface area contributed by atoms with E-state index in [1.54, 1.807) is 17.4 Å². The Hall–Kier alpha value is -1.37. The van der Waals surface area contributed by atoms with Crippen LogP contribution in [0.4, 0.5) is 11.8 Å². The molecule has 1 saturated heterocycles. The Bertz CT molecular complexity index is 566. The van der Waals surface area contributed by atoms with Crippen molar-refractivity contribution >= 4 is 34.7 Å². The van der Waals surface area contributed by atoms with Gasteiger partial charge in [0.25, 0.3) is 0 Å². The Morgan fingerprint density at radius 3 is 3.05 bits per heavy atom. The Kier molecular flexibility index (Phi) is 4.57. The SMILES string of the molecule is Nc1nc(Cl)cc(N(Cc2cccs2)CC2CCCO2)n1. The fourth-order valence-electron chi connectivity index (χ4n) is 2.45. The van der Waals surface area contributed by atoms with E-state index in [1.807, 2.05) is 6.07 Å². The summed E-state index contributed by atoms with van der Waals surface area (Å²) < 4.78 is 5.74. The van der Waals surface area contributed by atoms with Gasteiger partial charge in [-0.05, 0) is 24.3 Å². The van der Waals surface area contributed by atoms with Crippen molar-refractivity contribution in [1.29, 1.82) is 0 Å². The summed E-state index contributed by atoms with van der Waals surface area (Å²) in [5.74, 6) is 0.942. The van der Waals surface area contributed by atoms with Crippen molar-refractivity contribution in [2.75, 3.05) is 23.8 Å². The topological polar surface area (TPSA) is 64.3 Å². The van der Waals surface area contributed by atoms with Gasteiger partial charge in [-0.25, -0.2) is 4.98 Å². The summed E-state index contributed by atoms with van der Waals surface area (Å²) >= 11 is 7.73. The van der Waals surface area contributed by atoms with Crippen molar-refractivity contribution in [3.63, 3.8) is 0 Å². The summed E-state index contributed by atoms with van der Waals surface area (Å²) in [6.45, 7) is 2.39. The summed E-state index contributed by atoms with van der Waals surface area (Å²) in [5.41, 5.74) is 5.72. The van der Waals surface area contributed by atoms with Crippen molar-refractivity contribution in [3.8, 4) is 0 Å². The maximum atomic E-state index is 6.01. The molecule has 1 atom stereocenters. The normalized spacial score (nSPS) is 18.0. The van der Waals surface area contributed by atoms with Crippen molar-refractivity contribution < 1.29 is 4.74 Å². The lowest BCUT2D eigenvalue weighted by atomic mass is 10.2. The number of nitrogen functional groups attached to an aromatic ring is 1. The number of rotatable bonds is 5. The van der Waals surface area contributed by atoms with Gasteiger partial charge in [-0.1, -0.05) is 17.7 Å². The van der Waals surface area contributed by atoms with Crippen LogP contribution < -0.4 is 10.6 Å². The molecule has 1 unspecified atom stereocenters. The zero-order chi connectivity index (χ0) is 14.7. The Balaban J connectivity index is 1.82. The van der Waals surface area contributed by atoms with Gasteiger partial charge in [0.05, 0.1) is 12.6 Å². The third-order valence-electron chi connectivity index (χ3n) is 3.40. The molecule has 112 valence electrons. The van der Waals surface area contributed by atoms with E-state index in [9.17, 15) is 0 Å². The standard InChI is InChI=1S/C14H17ClN4OS/c15-12-7-13(18-14(16)17-12)19(8-10-3-1-5-20-10)9-11-4-2-6-21-11/h2,4,6-7,10H,1,3,5,8-9H2,(H2,16,17,18). The quantitative estimate of drug-likeness (QED) is 0.857. The van der Waals surface area contributed by atoms with Crippen LogP contribution in [-0.4, -0.2) is 29.2 Å². The molecule has 0 aromatic carbocycles. The highest BCUT2D eigenvalue weighted by Gasteiger charge is 2.21. The van der Waals surface area contributed by atoms with Gasteiger partial charge in [0.1, 0.15) is 11.0 Å². The summed E-state index contributed by atoms with van der Waals surface area (Å²) in [6, 6.07) is 5.91. The second-order valence-corrected chi connectivity index (χ2v) is 6.42. The summed E-state index contributed by atoms with van der Waals surface area (Å²) in [4.78, 5) is 11.7. The van der Waals surface area contributed by atoms with Crippen LogP contribution in [0.25, 0.3) is 0 Å². The predicted molar refractivity (Wildman–Crippen MR) is 85.8 cm³/mol. The van der Waals surface area contributed by atoms with E-state index in [1.165, 1.54) is 4.88 Å². The summed E-state index contributed by atoms with van der Waals surface area (Å²) in [6.07, 6.45) is 2.43. The molecule has 0 radical (unpaired) electrons. The molecule has 1 fully saturated rings. The Morgan fingerprint density at radius 2 is 2.38 bits per heavy atom. The van der Waals surface area contributed by atoms with E-state index in [0.29, 0.717) is 5.15 Å². The van der Waals surface area contributed by atoms with Gasteiger partial charge in [-0.3, -0.25) is 0 Å². The van der Waals surface area contributed by atoms with Gasteiger partial charge in [-0.2, -0.15) is 4.98 Å². The lowest BCUT2D eigenvalue weighted by Gasteiger charge is -2.26. The number of halogens is 1. The minimum absolute atomic E-state index is 0.195. The summed E-state index contributed by atoms with van der Waals surface area (Å²) in [7, 11) is 0. The first-order valence-electron chi connectivity index (χ1n) is 6.90. The third-order valence-corrected chi connectivity index (χ3v) is 4.45. The average molecular weight is 325 g/mol. The van der Waals surface area contributed by atoms with Crippen LogP contribution in [0.5, 0.6) is 0 Å². The zero-order valence-corrected chi connectivity index (χ0v) is 13.1. The molecule has 0 saturated carbocycles. The van der Waals surface area contributed by atoms with E-state index in [-0.39, 0.29) is 12.1 Å². The highest BCUT2D eigenvalue weighted by Crippen LogP contribution is 2.23. The molecule has 2 aromatic rings. The fraction of sp³-hybridized carbons (Fsp3) is 0.429. The molecule has 2 aromatic heterocycles. The molecule has 5 nitrogen and oxygen atoms in total. The van der Waals surface area contributed by atoms with E-state index in [4.69, 9.17) is 22.1 Å². The molecule has 0 aliphatic carbocycles. The van der Waals surface area contributed by atoms with Crippen LogP contribution in [-0.2, 0) is 11.3 Å². The smallest absolute Gasteiger partial charge is 0.223 e. The fourth-order valence-corrected chi connectivity index (χ4v) is 3.35. The molecule has 0 amide bonds. The predicted octanol–water partition coefficient (Wildman–Crippen LogP) is 2.96. The van der Waals surface area contributed by atoms with E-state index >= 15 is 0 Å². The second kappa shape index (κ2) is 6.60. The van der Waals surface area contributed by atoms with Crippen molar-refractivity contribution in [1.82, 2.24) is 9.97 Å². The van der Waals surface area contributed by atoms with E-state index < -0.39 is 0 Å². The number of nitrogens with two attached hydrogens (primary N) is 1. The molecular formula is C14H17ClN4OS. The van der Waals surface area contributed by atoms with Gasteiger partial charge >= 0.3 is 0 Å². The largest absolute Gasteiger partial charge is 0.376 e. The van der Waals surface area contributed by atoms with Crippen LogP contribution in [0, 0.1) is 0 Å². The molecule has 3 rings (SSSR count). The Morgan fingerprint density at radius 1 is 1.48 bits per heavy atom. The number of anilines is 2. The molecule has 0 spiro atoms. The molecule has 1 aliphatic rings. The van der Waals surface area contributed by atoms with Crippen LogP contribution in [0.1, 0.15) is 17.7 Å². The minimum atomic E-state index is 0.195. The maximum Gasteiger partial charge on any atom is 0.223 e. The maximum absolute atomic E-state index is 6.01. The number of hydrogen-bond donors (Lipinski definition) is 1. The monoisotopic (exact) mass is 324 g/mol. The minimum Gasteiger partial charge on any atom is -0.376 e. The first kappa shape index (κ1) is 14.6. The van der Waals surface area contributed by atoms with Crippen LogP contribution in [0.2, 0.25) is 5.15 Å². The molecule has 0 bridgehead atoms. The van der Waals surface area contributed by atoms with E-state index in [0.717, 1.165) is 38.4 Å². The van der Waals surface area contributed by atoms with Crippen LogP contribution in [0.15, 0.2) is 23.6 Å². The van der Waals surface area contributed by atoms with Crippen LogP contribution in [0.3, 0.4) is 0 Å². The average Bonchev–Trinajstić information content (AvgIpc) is 3.10. The molecule has 21 heavy (non-hydrogen) atoms. The van der Waals surface area contributed by atoms with Gasteiger partial charge < -0.3 is 15.4 Å². The first-order chi connectivity index (χ1) is 10.2. The van der Waals surface area contributed by atoms with Gasteiger partial charge in [0, 0.05) is 24.1 Å². The number of hydrogen-bond acceptors (Lipinski definition) is 6. The van der Waals surface area contributed by atoms with Crippen molar-refractivity contribution in [3.05, 3.63) is 33.6 Å². The molecule has 7 heteroatoms. The Labute approximate surface area is 132 Å². The number of aromatic nitrogens is 2. The van der Waals surface area contributed by atoms with Gasteiger partial charge in [0.2, 0.25) is 5.95 Å². The van der Waals surface area contributed by atoms with E-state index in [2.05, 4.69) is 26.3 Å².